The molecule has 3 unspecified atom stereocenters. The van der Waals surface area contributed by atoms with Crippen molar-refractivity contribution in [2.24, 2.45) is 11.5 Å². The second-order valence-corrected chi connectivity index (χ2v) is 20.2. The summed E-state index contributed by atoms with van der Waals surface area (Å²) in [7, 11) is 1.86. The summed E-state index contributed by atoms with van der Waals surface area (Å²) < 4.78 is 0. The summed E-state index contributed by atoms with van der Waals surface area (Å²) in [4.78, 5) is 115. The van der Waals surface area contributed by atoms with Crippen molar-refractivity contribution in [2.45, 2.75) is 113 Å². The molecule has 1 aliphatic heterocycles. The minimum atomic E-state index is -1.82. The molecule has 73 heavy (non-hydrogen) atoms. The van der Waals surface area contributed by atoms with Crippen LogP contribution in [0.15, 0.2) is 85.1 Å². The maximum absolute atomic E-state index is 14.7. The van der Waals surface area contributed by atoms with E-state index < -0.39 is 108 Å². The summed E-state index contributed by atoms with van der Waals surface area (Å²) in [5.74, 6) is -8.59. The van der Waals surface area contributed by atoms with E-state index in [1.807, 2.05) is 18.2 Å². The maximum Gasteiger partial charge on any atom is 0.328 e. The van der Waals surface area contributed by atoms with E-state index in [-0.39, 0.29) is 49.5 Å². The number of aromatic hydroxyl groups is 1. The smallest absolute Gasteiger partial charge is 0.328 e. The molecule has 22 nitrogen and oxygen atoms in total. The highest BCUT2D eigenvalue weighted by Gasteiger charge is 2.37. The van der Waals surface area contributed by atoms with Gasteiger partial charge < -0.3 is 74.1 Å². The number of aliphatic hydroxyl groups is 2. The minimum absolute atomic E-state index is 0.0207. The lowest BCUT2D eigenvalue weighted by Gasteiger charge is -2.29. The van der Waals surface area contributed by atoms with Gasteiger partial charge in [-0.15, -0.1) is 0 Å². The predicted molar refractivity (Wildman–Crippen MR) is 274 cm³/mol. The van der Waals surface area contributed by atoms with Gasteiger partial charge in [-0.2, -0.15) is 0 Å². The first-order valence-electron chi connectivity index (χ1n) is 23.6. The molecule has 394 valence electrons. The van der Waals surface area contributed by atoms with Crippen LogP contribution in [0.4, 0.5) is 0 Å². The molecule has 0 saturated carbocycles. The van der Waals surface area contributed by atoms with Gasteiger partial charge in [0.25, 0.3) is 0 Å². The molecule has 7 amide bonds. The van der Waals surface area contributed by atoms with E-state index in [9.17, 15) is 58.8 Å². The molecule has 2 heterocycles. The van der Waals surface area contributed by atoms with E-state index in [1.165, 1.54) is 31.2 Å². The van der Waals surface area contributed by atoms with Crippen LogP contribution in [0.5, 0.6) is 5.75 Å². The van der Waals surface area contributed by atoms with E-state index in [4.69, 9.17) is 11.5 Å². The van der Waals surface area contributed by atoms with E-state index in [0.29, 0.717) is 24.0 Å². The number of aromatic amines is 1. The number of phenolic OH excluding ortho intramolecular Hbond substituents is 1. The fraction of sp³-hybridized carbons (Fsp3) is 0.429. The Bertz CT molecular complexity index is 2530. The molecule has 24 heteroatoms. The van der Waals surface area contributed by atoms with Crippen LogP contribution >= 0.6 is 21.6 Å². The molecule has 4 aromatic rings. The van der Waals surface area contributed by atoms with E-state index in [2.05, 4.69) is 42.2 Å². The Balaban J connectivity index is 1.58. The van der Waals surface area contributed by atoms with E-state index >= 15 is 0 Å². The number of nitrogens with one attached hydrogen (secondary N) is 8. The van der Waals surface area contributed by atoms with Gasteiger partial charge in [-0.3, -0.25) is 33.6 Å². The molecule has 1 fully saturated rings. The molecule has 10 atom stereocenters. The molecular weight excluding hydrogens is 985 g/mol. The van der Waals surface area contributed by atoms with Crippen LogP contribution in [0, 0.1) is 0 Å². The normalized spacial score (nSPS) is 22.5. The lowest BCUT2D eigenvalue weighted by atomic mass is 10.0. The van der Waals surface area contributed by atoms with Gasteiger partial charge in [0.1, 0.15) is 42.0 Å². The van der Waals surface area contributed by atoms with Crippen molar-refractivity contribution in [2.75, 3.05) is 18.1 Å². The van der Waals surface area contributed by atoms with Crippen molar-refractivity contribution in [3.05, 3.63) is 102 Å². The van der Waals surface area contributed by atoms with E-state index in [0.717, 1.165) is 45.0 Å². The molecule has 0 bridgehead atoms. The van der Waals surface area contributed by atoms with Crippen LogP contribution in [-0.4, -0.2) is 151 Å². The fourth-order valence-corrected chi connectivity index (χ4v) is 10.1. The van der Waals surface area contributed by atoms with Gasteiger partial charge in [-0.25, -0.2) is 4.79 Å². The van der Waals surface area contributed by atoms with Crippen molar-refractivity contribution < 1.29 is 58.8 Å². The highest BCUT2D eigenvalue weighted by Crippen LogP contribution is 2.25. The number of aliphatic carboxylic acids is 1. The minimum Gasteiger partial charge on any atom is -0.508 e. The van der Waals surface area contributed by atoms with Gasteiger partial charge in [0.2, 0.25) is 41.4 Å². The van der Waals surface area contributed by atoms with Crippen molar-refractivity contribution >= 4 is 79.8 Å². The molecule has 1 aromatic heterocycles. The van der Waals surface area contributed by atoms with Crippen molar-refractivity contribution in [1.82, 2.24) is 42.2 Å². The van der Waals surface area contributed by atoms with Crippen molar-refractivity contribution in [3.63, 3.8) is 0 Å². The number of nitrogens with two attached hydrogens (primary N) is 2. The average molecular weight is 1050 g/mol. The highest BCUT2D eigenvalue weighted by atomic mass is 33.1. The van der Waals surface area contributed by atoms with Crippen LogP contribution in [0.25, 0.3) is 10.9 Å². The zero-order valence-corrected chi connectivity index (χ0v) is 41.9. The largest absolute Gasteiger partial charge is 0.508 e. The standard InChI is InChI=1S/C49H64N10O12S2/c1-26(60)40-48(69)57-39(47(68)59-41(27(2)61)49(70)71)25-73-72-24-38(56-42(63)33(51)20-28-10-4-3-5-11-28)46(67)54-36(21-29-15-17-31(62)18-16-29)44(65)55-37(22-30-23-52-34-13-7-6-12-32(30)34)45(66)53-35(43(64)58-40)14-8-9-19-50/h3-7,10-13,15-18,23,26-27,33,35-41,52,60-62H,8-9,14,19-22,24-25,50-51H2,1-2H3,(H,53,66)(H,54,67)(H,55,65)(H,56,63)(H,57,69)(H,58,64)(H,59,68)(H,70,71)/t26-,27-,33-,35?,36+,37?,38?,39+,40+,41+/m1/s1. The molecule has 1 aliphatic rings. The topological polar surface area (TPSA) is 370 Å². The molecule has 0 radical (unpaired) electrons. The van der Waals surface area contributed by atoms with Crippen LogP contribution in [0.3, 0.4) is 0 Å². The summed E-state index contributed by atoms with van der Waals surface area (Å²) in [6.45, 7) is 2.56. The van der Waals surface area contributed by atoms with Gasteiger partial charge in [-0.1, -0.05) is 82.3 Å². The van der Waals surface area contributed by atoms with Crippen LogP contribution in [-0.2, 0) is 57.6 Å². The molecule has 3 aromatic carbocycles. The number of fused-ring (bicyclic) bond motifs is 1. The lowest BCUT2D eigenvalue weighted by molar-refractivity contribution is -0.145. The molecule has 5 rings (SSSR count). The molecule has 16 N–H and O–H groups in total. The van der Waals surface area contributed by atoms with Gasteiger partial charge in [0, 0.05) is 41.4 Å². The first kappa shape index (κ1) is 57.2. The number of carboxylic acids is 1. The number of hydrogen-bond donors (Lipinski definition) is 14. The average Bonchev–Trinajstić information content (AvgIpc) is 3.76. The fourth-order valence-electron chi connectivity index (χ4n) is 7.79. The molecule has 0 aliphatic carbocycles. The molecule has 1 saturated heterocycles. The number of carbonyl (C=O) groups excluding carboxylic acids is 7. The Labute approximate surface area is 429 Å². The number of para-hydroxylation sites is 1. The quantitative estimate of drug-likeness (QED) is 0.0445. The number of benzene rings is 3. The first-order chi connectivity index (χ1) is 34.8. The van der Waals surface area contributed by atoms with Gasteiger partial charge >= 0.3 is 5.97 Å². The number of phenols is 1. The Morgan fingerprint density at radius 3 is 2.00 bits per heavy atom. The Hall–Kier alpha value is -6.70. The van der Waals surface area contributed by atoms with Gasteiger partial charge in [0.15, 0.2) is 6.04 Å². The summed E-state index contributed by atoms with van der Waals surface area (Å²) >= 11 is 0. The highest BCUT2D eigenvalue weighted by molar-refractivity contribution is 8.76. The summed E-state index contributed by atoms with van der Waals surface area (Å²) in [5.41, 5.74) is 14.7. The number of hydrogen-bond acceptors (Lipinski definition) is 15. The zero-order chi connectivity index (χ0) is 53.2. The first-order valence-corrected chi connectivity index (χ1v) is 26.1. The second-order valence-electron chi connectivity index (χ2n) is 17.7. The molecule has 0 spiro atoms. The predicted octanol–water partition coefficient (Wildman–Crippen LogP) is -1.01. The Kier molecular flexibility index (Phi) is 21.9. The third kappa shape index (κ3) is 17.2. The monoisotopic (exact) mass is 1050 g/mol. The number of rotatable bonds is 17. The number of carbonyl (C=O) groups is 8. The van der Waals surface area contributed by atoms with E-state index in [1.54, 1.807) is 42.6 Å². The Morgan fingerprint density at radius 1 is 0.726 bits per heavy atom. The van der Waals surface area contributed by atoms with Crippen molar-refractivity contribution in [3.8, 4) is 5.75 Å². The summed E-state index contributed by atoms with van der Waals surface area (Å²) in [5, 5.41) is 59.6. The third-order valence-electron chi connectivity index (χ3n) is 11.9. The summed E-state index contributed by atoms with van der Waals surface area (Å²) in [6.07, 6.45) is -1.03. The molecular formula is C49H64N10O12S2. The zero-order valence-electron chi connectivity index (χ0n) is 40.2. The SMILES string of the molecule is C[C@@H](O)[C@H](NC(=O)[C@@H]1CSSCC(NC(=O)[C@H](N)Cc2ccccc2)C(=O)N[C@@H](Cc2ccc(O)cc2)C(=O)NC(Cc2c[nH]c3ccccc23)C(=O)NC(CCCCN)C(=O)N[C@@H]([C@@H](C)O)C(=O)N1)C(=O)O. The van der Waals surface area contributed by atoms with Gasteiger partial charge in [-0.05, 0) is 81.0 Å². The number of aliphatic hydroxyl groups excluding tert-OH is 2. The van der Waals surface area contributed by atoms with Crippen LogP contribution < -0.4 is 48.7 Å². The number of aromatic nitrogens is 1. The maximum atomic E-state index is 14.7. The van der Waals surface area contributed by atoms with Crippen LogP contribution in [0.1, 0.15) is 49.8 Å². The summed E-state index contributed by atoms with van der Waals surface area (Å²) in [6, 6.07) is 9.98. The number of unbranched alkanes of at least 4 members (excludes halogenated alkanes) is 1. The van der Waals surface area contributed by atoms with Crippen molar-refractivity contribution in [1.29, 1.82) is 0 Å². The number of H-pyrrole nitrogens is 1. The third-order valence-corrected chi connectivity index (χ3v) is 14.3. The number of carboxylic acid groups (broad SMARTS) is 1. The lowest BCUT2D eigenvalue weighted by Crippen LogP contribution is -2.62. The Morgan fingerprint density at radius 2 is 1.34 bits per heavy atom. The van der Waals surface area contributed by atoms with Gasteiger partial charge in [0.05, 0.1) is 18.2 Å². The number of amides is 7. The second kappa shape index (κ2) is 27.9. The van der Waals surface area contributed by atoms with Crippen LogP contribution in [0.2, 0.25) is 0 Å².